The van der Waals surface area contributed by atoms with Crippen LogP contribution < -0.4 is 20.5 Å². The SMILES string of the molecule is COc1cc(C(=O)Nc2ccc(N)nc2)cc(Cl)c1OCC(C)C. The van der Waals surface area contributed by atoms with Crippen molar-refractivity contribution in [2.24, 2.45) is 5.92 Å². The molecule has 0 radical (unpaired) electrons. The van der Waals surface area contributed by atoms with E-state index in [2.05, 4.69) is 10.3 Å². The number of benzene rings is 1. The van der Waals surface area contributed by atoms with E-state index in [0.29, 0.717) is 46.1 Å². The number of hydrogen-bond acceptors (Lipinski definition) is 5. The van der Waals surface area contributed by atoms with Crippen LogP contribution >= 0.6 is 11.6 Å². The van der Waals surface area contributed by atoms with Crippen LogP contribution in [0.15, 0.2) is 30.5 Å². The standard InChI is InChI=1S/C17H20ClN3O3/c1-10(2)9-24-16-13(18)6-11(7-14(16)23-3)17(22)21-12-4-5-15(19)20-8-12/h4-8,10H,9H2,1-3H3,(H2,19,20)(H,21,22). The number of halogens is 1. The van der Waals surface area contributed by atoms with Gasteiger partial charge in [-0.15, -0.1) is 0 Å². The van der Waals surface area contributed by atoms with E-state index in [0.717, 1.165) is 0 Å². The van der Waals surface area contributed by atoms with Crippen LogP contribution in [0, 0.1) is 5.92 Å². The van der Waals surface area contributed by atoms with E-state index < -0.39 is 0 Å². The van der Waals surface area contributed by atoms with Crippen LogP contribution in [0.4, 0.5) is 11.5 Å². The highest BCUT2D eigenvalue weighted by atomic mass is 35.5. The number of nitrogens with zero attached hydrogens (tertiary/aromatic N) is 1. The molecule has 0 saturated carbocycles. The summed E-state index contributed by atoms with van der Waals surface area (Å²) in [6.07, 6.45) is 1.48. The van der Waals surface area contributed by atoms with Gasteiger partial charge in [-0.2, -0.15) is 0 Å². The second kappa shape index (κ2) is 7.88. The third-order valence-corrected chi connectivity index (χ3v) is 3.38. The molecule has 128 valence electrons. The average Bonchev–Trinajstić information content (AvgIpc) is 2.54. The lowest BCUT2D eigenvalue weighted by atomic mass is 10.1. The Morgan fingerprint density at radius 2 is 2.12 bits per heavy atom. The molecule has 2 rings (SSSR count). The predicted octanol–water partition coefficient (Wildman–Crippen LogP) is 3.61. The van der Waals surface area contributed by atoms with Crippen molar-refractivity contribution in [3.63, 3.8) is 0 Å². The summed E-state index contributed by atoms with van der Waals surface area (Å²) in [7, 11) is 1.50. The summed E-state index contributed by atoms with van der Waals surface area (Å²) in [6.45, 7) is 4.56. The molecule has 0 fully saturated rings. The first kappa shape index (κ1) is 17.9. The molecule has 7 heteroatoms. The third kappa shape index (κ3) is 4.52. The number of aromatic nitrogens is 1. The number of hydrogen-bond donors (Lipinski definition) is 2. The molecular formula is C17H20ClN3O3. The van der Waals surface area contributed by atoms with Gasteiger partial charge in [0.2, 0.25) is 0 Å². The monoisotopic (exact) mass is 349 g/mol. The largest absolute Gasteiger partial charge is 0.493 e. The Balaban J connectivity index is 2.22. The van der Waals surface area contributed by atoms with Crippen molar-refractivity contribution in [2.75, 3.05) is 24.8 Å². The van der Waals surface area contributed by atoms with Crippen molar-refractivity contribution < 1.29 is 14.3 Å². The van der Waals surface area contributed by atoms with Crippen LogP contribution in [0.25, 0.3) is 0 Å². The number of carbonyl (C=O) groups excluding carboxylic acids is 1. The van der Waals surface area contributed by atoms with Gasteiger partial charge in [-0.25, -0.2) is 4.98 Å². The Bertz CT molecular complexity index is 718. The lowest BCUT2D eigenvalue weighted by Gasteiger charge is -2.15. The maximum atomic E-state index is 12.4. The Morgan fingerprint density at radius 3 is 2.71 bits per heavy atom. The number of amides is 1. The Hall–Kier alpha value is -2.47. The zero-order valence-corrected chi connectivity index (χ0v) is 14.6. The van der Waals surface area contributed by atoms with E-state index in [4.69, 9.17) is 26.8 Å². The predicted molar refractivity (Wildman–Crippen MR) is 94.9 cm³/mol. The summed E-state index contributed by atoms with van der Waals surface area (Å²) in [5, 5.41) is 3.04. The zero-order valence-electron chi connectivity index (χ0n) is 13.8. The third-order valence-electron chi connectivity index (χ3n) is 3.10. The van der Waals surface area contributed by atoms with E-state index >= 15 is 0 Å². The van der Waals surface area contributed by atoms with Gasteiger partial charge >= 0.3 is 0 Å². The molecular weight excluding hydrogens is 330 g/mol. The smallest absolute Gasteiger partial charge is 0.255 e. The number of methoxy groups -OCH3 is 1. The van der Waals surface area contributed by atoms with Gasteiger partial charge in [0.05, 0.1) is 30.6 Å². The van der Waals surface area contributed by atoms with Crippen molar-refractivity contribution in [3.8, 4) is 11.5 Å². The maximum Gasteiger partial charge on any atom is 0.255 e. The highest BCUT2D eigenvalue weighted by Gasteiger charge is 2.16. The van der Waals surface area contributed by atoms with Gasteiger partial charge in [0.15, 0.2) is 11.5 Å². The fraction of sp³-hybridized carbons (Fsp3) is 0.294. The molecule has 0 aliphatic heterocycles. The summed E-state index contributed by atoms with van der Waals surface area (Å²) in [5.41, 5.74) is 6.41. The molecule has 1 aromatic heterocycles. The summed E-state index contributed by atoms with van der Waals surface area (Å²) < 4.78 is 11.0. The van der Waals surface area contributed by atoms with Gasteiger partial charge in [-0.3, -0.25) is 4.79 Å². The number of anilines is 2. The van der Waals surface area contributed by atoms with Crippen LogP contribution in [-0.4, -0.2) is 24.6 Å². The number of nitrogen functional groups attached to an aromatic ring is 1. The number of nitrogens with two attached hydrogens (primary N) is 1. The average molecular weight is 350 g/mol. The van der Waals surface area contributed by atoms with Gasteiger partial charge in [0.25, 0.3) is 5.91 Å². The molecule has 1 amide bonds. The Labute approximate surface area is 145 Å². The van der Waals surface area contributed by atoms with Crippen LogP contribution in [0.1, 0.15) is 24.2 Å². The highest BCUT2D eigenvalue weighted by molar-refractivity contribution is 6.32. The Kier molecular flexibility index (Phi) is 5.87. The lowest BCUT2D eigenvalue weighted by molar-refractivity contribution is 0.102. The van der Waals surface area contributed by atoms with Crippen LogP contribution in [0.5, 0.6) is 11.5 Å². The Morgan fingerprint density at radius 1 is 1.38 bits per heavy atom. The normalized spacial score (nSPS) is 10.5. The fourth-order valence-electron chi connectivity index (χ4n) is 1.92. The van der Waals surface area contributed by atoms with Gasteiger partial charge < -0.3 is 20.5 Å². The molecule has 6 nitrogen and oxygen atoms in total. The topological polar surface area (TPSA) is 86.5 Å². The number of ether oxygens (including phenoxy) is 2. The number of rotatable bonds is 6. The summed E-state index contributed by atoms with van der Waals surface area (Å²) >= 11 is 6.25. The fourth-order valence-corrected chi connectivity index (χ4v) is 2.19. The minimum Gasteiger partial charge on any atom is -0.493 e. The van der Waals surface area contributed by atoms with Crippen molar-refractivity contribution in [3.05, 3.63) is 41.0 Å². The van der Waals surface area contributed by atoms with Gasteiger partial charge in [0, 0.05) is 5.56 Å². The second-order valence-electron chi connectivity index (χ2n) is 5.62. The van der Waals surface area contributed by atoms with Crippen LogP contribution in [0.2, 0.25) is 5.02 Å². The lowest BCUT2D eigenvalue weighted by Crippen LogP contribution is -2.13. The summed E-state index contributed by atoms with van der Waals surface area (Å²) in [6, 6.07) is 6.40. The van der Waals surface area contributed by atoms with E-state index in [1.54, 1.807) is 24.3 Å². The highest BCUT2D eigenvalue weighted by Crippen LogP contribution is 2.36. The number of pyridine rings is 1. The molecule has 3 N–H and O–H groups in total. The first-order chi connectivity index (χ1) is 11.4. The van der Waals surface area contributed by atoms with Crippen molar-refractivity contribution >= 4 is 29.0 Å². The molecule has 0 saturated heterocycles. The zero-order chi connectivity index (χ0) is 17.7. The minimum absolute atomic E-state index is 0.315. The minimum atomic E-state index is -0.336. The van der Waals surface area contributed by atoms with Gasteiger partial charge in [-0.1, -0.05) is 25.4 Å². The second-order valence-corrected chi connectivity index (χ2v) is 6.03. The molecule has 0 spiro atoms. The molecule has 1 heterocycles. The van der Waals surface area contributed by atoms with E-state index in [1.807, 2.05) is 13.8 Å². The molecule has 0 bridgehead atoms. The maximum absolute atomic E-state index is 12.4. The van der Waals surface area contributed by atoms with E-state index in [1.165, 1.54) is 13.3 Å². The molecule has 0 aliphatic carbocycles. The molecule has 2 aromatic rings. The number of nitrogens with one attached hydrogen (secondary N) is 1. The molecule has 0 unspecified atom stereocenters. The quantitative estimate of drug-likeness (QED) is 0.831. The van der Waals surface area contributed by atoms with Crippen molar-refractivity contribution in [2.45, 2.75) is 13.8 Å². The molecule has 24 heavy (non-hydrogen) atoms. The summed E-state index contributed by atoms with van der Waals surface area (Å²) in [4.78, 5) is 16.3. The summed E-state index contributed by atoms with van der Waals surface area (Å²) in [5.74, 6) is 1.22. The first-order valence-corrected chi connectivity index (χ1v) is 7.81. The van der Waals surface area contributed by atoms with Crippen LogP contribution in [0.3, 0.4) is 0 Å². The number of carbonyl (C=O) groups is 1. The van der Waals surface area contributed by atoms with E-state index in [-0.39, 0.29) is 5.91 Å². The first-order valence-electron chi connectivity index (χ1n) is 7.44. The molecule has 0 aliphatic rings. The van der Waals surface area contributed by atoms with Gasteiger partial charge in [-0.05, 0) is 30.2 Å². The van der Waals surface area contributed by atoms with Crippen molar-refractivity contribution in [1.29, 1.82) is 0 Å². The van der Waals surface area contributed by atoms with Crippen LogP contribution in [-0.2, 0) is 0 Å². The molecule has 1 aromatic carbocycles. The van der Waals surface area contributed by atoms with Crippen molar-refractivity contribution in [1.82, 2.24) is 4.98 Å². The van der Waals surface area contributed by atoms with E-state index in [9.17, 15) is 4.79 Å². The van der Waals surface area contributed by atoms with Gasteiger partial charge in [0.1, 0.15) is 5.82 Å². The molecule has 0 atom stereocenters.